The third kappa shape index (κ3) is 4.84. The Balaban J connectivity index is 1.33. The summed E-state index contributed by atoms with van der Waals surface area (Å²) in [6, 6.07) is 5.21. The van der Waals surface area contributed by atoms with E-state index < -0.39 is 0 Å². The number of piperidine rings is 1. The third-order valence-corrected chi connectivity index (χ3v) is 9.82. The van der Waals surface area contributed by atoms with Gasteiger partial charge in [0.25, 0.3) is 0 Å². The third-order valence-electron chi connectivity index (χ3n) is 8.66. The van der Waals surface area contributed by atoms with Gasteiger partial charge in [0, 0.05) is 48.4 Å². The number of benzene rings is 1. The van der Waals surface area contributed by atoms with Crippen molar-refractivity contribution in [3.8, 4) is 0 Å². The van der Waals surface area contributed by atoms with Crippen molar-refractivity contribution in [2.45, 2.75) is 58.0 Å². The van der Waals surface area contributed by atoms with Crippen LogP contribution < -0.4 is 10.2 Å². The molecule has 1 aromatic carbocycles. The van der Waals surface area contributed by atoms with Crippen molar-refractivity contribution in [3.05, 3.63) is 35.1 Å². The number of carbonyl (C=O) groups excluding carboxylic acids is 1. The van der Waals surface area contributed by atoms with Crippen LogP contribution >= 0.6 is 11.3 Å². The van der Waals surface area contributed by atoms with Crippen LogP contribution in [0.1, 0.15) is 43.6 Å². The van der Waals surface area contributed by atoms with Crippen molar-refractivity contribution in [1.82, 2.24) is 30.0 Å². The smallest absolute Gasteiger partial charge is 0.226 e. The van der Waals surface area contributed by atoms with Gasteiger partial charge in [-0.1, -0.05) is 0 Å². The highest BCUT2D eigenvalue weighted by Crippen LogP contribution is 2.42. The zero-order valence-electron chi connectivity index (χ0n) is 23.5. The van der Waals surface area contributed by atoms with Gasteiger partial charge in [0.05, 0.1) is 28.5 Å². The van der Waals surface area contributed by atoms with Gasteiger partial charge in [-0.15, -0.1) is 11.3 Å². The molecule has 0 saturated carbocycles. The molecule has 2 aliphatic rings. The number of fused-ring (bicyclic) bond motifs is 4. The first-order valence-corrected chi connectivity index (χ1v) is 14.8. The normalized spacial score (nSPS) is 18.3. The van der Waals surface area contributed by atoms with Crippen LogP contribution in [0.3, 0.4) is 0 Å². The van der Waals surface area contributed by atoms with Gasteiger partial charge in [-0.05, 0) is 77.7 Å². The predicted octanol–water partition coefficient (Wildman–Crippen LogP) is 4.81. The highest BCUT2D eigenvalue weighted by molar-refractivity contribution is 7.19. The molecule has 10 heteroatoms. The molecular weight excluding hydrogens is 508 g/mol. The number of anilines is 3. The van der Waals surface area contributed by atoms with Crippen molar-refractivity contribution in [2.24, 2.45) is 5.92 Å². The summed E-state index contributed by atoms with van der Waals surface area (Å²) in [4.78, 5) is 31.4. The van der Waals surface area contributed by atoms with Crippen molar-refractivity contribution < 1.29 is 4.79 Å². The molecule has 206 valence electrons. The van der Waals surface area contributed by atoms with E-state index in [4.69, 9.17) is 4.98 Å². The van der Waals surface area contributed by atoms with Crippen LogP contribution in [0.5, 0.6) is 0 Å². The van der Waals surface area contributed by atoms with Crippen LogP contribution in [-0.4, -0.2) is 82.2 Å². The molecule has 0 unspecified atom stereocenters. The highest BCUT2D eigenvalue weighted by atomic mass is 32.1. The summed E-state index contributed by atoms with van der Waals surface area (Å²) in [6.07, 6.45) is 8.29. The fourth-order valence-corrected chi connectivity index (χ4v) is 7.32. The Labute approximate surface area is 233 Å². The van der Waals surface area contributed by atoms with E-state index >= 15 is 0 Å². The number of thiophene rings is 1. The lowest BCUT2D eigenvalue weighted by Gasteiger charge is -2.37. The number of nitrogens with one attached hydrogen (secondary N) is 2. The molecule has 39 heavy (non-hydrogen) atoms. The molecule has 1 amide bonds. The van der Waals surface area contributed by atoms with E-state index in [2.05, 4.69) is 70.4 Å². The quantitative estimate of drug-likeness (QED) is 0.358. The maximum absolute atomic E-state index is 13.1. The zero-order valence-corrected chi connectivity index (χ0v) is 24.3. The van der Waals surface area contributed by atoms with E-state index in [1.165, 1.54) is 16.1 Å². The molecule has 1 fully saturated rings. The number of aryl methyl sites for hydroxylation is 1. The van der Waals surface area contributed by atoms with Gasteiger partial charge in [-0.25, -0.2) is 9.97 Å². The summed E-state index contributed by atoms with van der Waals surface area (Å²) in [7, 11) is 6.26. The Morgan fingerprint density at radius 1 is 1.15 bits per heavy atom. The Bertz CT molecular complexity index is 1500. The van der Waals surface area contributed by atoms with E-state index in [1.54, 1.807) is 17.7 Å². The zero-order chi connectivity index (χ0) is 27.3. The van der Waals surface area contributed by atoms with Crippen LogP contribution in [-0.2, 0) is 17.6 Å². The van der Waals surface area contributed by atoms with Crippen molar-refractivity contribution >= 4 is 55.6 Å². The lowest BCUT2D eigenvalue weighted by molar-refractivity contribution is -0.136. The molecular formula is C29H38N8OS. The van der Waals surface area contributed by atoms with Crippen LogP contribution in [0.4, 0.5) is 17.2 Å². The van der Waals surface area contributed by atoms with Gasteiger partial charge in [0.1, 0.15) is 17.0 Å². The Morgan fingerprint density at radius 3 is 2.69 bits per heavy atom. The molecule has 0 bridgehead atoms. The van der Waals surface area contributed by atoms with E-state index in [-0.39, 0.29) is 17.9 Å². The summed E-state index contributed by atoms with van der Waals surface area (Å²) in [6.45, 7) is 6.15. The predicted molar refractivity (Wildman–Crippen MR) is 159 cm³/mol. The number of carbonyl (C=O) groups is 1. The van der Waals surface area contributed by atoms with Crippen LogP contribution in [0.15, 0.2) is 24.7 Å². The molecule has 2 N–H and O–H groups in total. The largest absolute Gasteiger partial charge is 0.370 e. The Hall–Kier alpha value is -3.24. The number of H-pyrrole nitrogens is 1. The van der Waals surface area contributed by atoms with Gasteiger partial charge < -0.3 is 20.0 Å². The topological polar surface area (TPSA) is 93.3 Å². The molecule has 4 aromatic rings. The Morgan fingerprint density at radius 2 is 1.95 bits per heavy atom. The first-order chi connectivity index (χ1) is 18.8. The van der Waals surface area contributed by atoms with Crippen LogP contribution in [0.2, 0.25) is 0 Å². The number of hydrogen-bond acceptors (Lipinski definition) is 8. The molecule has 4 heterocycles. The van der Waals surface area contributed by atoms with Gasteiger partial charge >= 0.3 is 0 Å². The maximum atomic E-state index is 13.1. The lowest BCUT2D eigenvalue weighted by atomic mass is 9.86. The summed E-state index contributed by atoms with van der Waals surface area (Å²) >= 11 is 1.71. The Kier molecular flexibility index (Phi) is 6.93. The number of aromatic nitrogens is 4. The standard InChI is InChI=1S/C29H38N8OS/c1-17(2)36(5)29(38)18-6-7-21-25(13-18)39-28-26(21)27(30-16-31-28)33-23-12-19-15-32-34-22(19)14-24(23)37-10-8-20(9-11-37)35(3)4/h12,14-18,20H,6-11,13H2,1-5H3,(H,32,34)(H,30,31,33)/t18-/m0/s1. The second kappa shape index (κ2) is 10.4. The molecule has 0 radical (unpaired) electrons. The molecule has 1 atom stereocenters. The van der Waals surface area contributed by atoms with E-state index in [0.717, 1.165) is 77.8 Å². The van der Waals surface area contributed by atoms with Crippen LogP contribution in [0.25, 0.3) is 21.1 Å². The van der Waals surface area contributed by atoms with Crippen molar-refractivity contribution in [3.63, 3.8) is 0 Å². The summed E-state index contributed by atoms with van der Waals surface area (Å²) in [5.74, 6) is 1.12. The lowest BCUT2D eigenvalue weighted by Crippen LogP contribution is -2.42. The fraction of sp³-hybridized carbons (Fsp3) is 0.517. The highest BCUT2D eigenvalue weighted by Gasteiger charge is 2.31. The van der Waals surface area contributed by atoms with Gasteiger partial charge in [-0.3, -0.25) is 9.89 Å². The van der Waals surface area contributed by atoms with Crippen LogP contribution in [0, 0.1) is 5.92 Å². The maximum Gasteiger partial charge on any atom is 0.226 e. The molecule has 6 rings (SSSR count). The average Bonchev–Trinajstić information content (AvgIpc) is 3.55. The number of aromatic amines is 1. The molecule has 1 aliphatic carbocycles. The van der Waals surface area contributed by atoms with Gasteiger partial charge in [-0.2, -0.15) is 5.10 Å². The van der Waals surface area contributed by atoms with E-state index in [1.807, 2.05) is 18.1 Å². The number of hydrogen-bond donors (Lipinski definition) is 2. The minimum absolute atomic E-state index is 0.0301. The van der Waals surface area contributed by atoms with Crippen molar-refractivity contribution in [1.29, 1.82) is 0 Å². The van der Waals surface area contributed by atoms with Crippen molar-refractivity contribution in [2.75, 3.05) is 44.4 Å². The number of rotatable bonds is 6. The molecule has 3 aromatic heterocycles. The average molecular weight is 547 g/mol. The minimum atomic E-state index is 0.0301. The molecule has 1 aliphatic heterocycles. The molecule has 0 spiro atoms. The van der Waals surface area contributed by atoms with E-state index in [0.29, 0.717) is 6.04 Å². The van der Waals surface area contributed by atoms with Gasteiger partial charge in [0.2, 0.25) is 5.91 Å². The fourth-order valence-electron chi connectivity index (χ4n) is 6.05. The first-order valence-electron chi connectivity index (χ1n) is 14.0. The van der Waals surface area contributed by atoms with E-state index in [9.17, 15) is 4.79 Å². The summed E-state index contributed by atoms with van der Waals surface area (Å²) < 4.78 is 0. The number of amides is 1. The van der Waals surface area contributed by atoms with Gasteiger partial charge in [0.15, 0.2) is 0 Å². The number of nitrogens with zero attached hydrogens (tertiary/aromatic N) is 6. The SMILES string of the molecule is CC(C)N(C)C(=O)[C@H]1CCc2c(sc3ncnc(Nc4cc5cn[nH]c5cc4N4CCC(N(C)C)CC4)c23)C1. The molecule has 9 nitrogen and oxygen atoms in total. The second-order valence-corrected chi connectivity index (χ2v) is 12.6. The summed E-state index contributed by atoms with van der Waals surface area (Å²) in [5.41, 5.74) is 4.54. The first kappa shape index (κ1) is 26.0. The summed E-state index contributed by atoms with van der Waals surface area (Å²) in [5, 5.41) is 13.3. The molecule has 1 saturated heterocycles. The second-order valence-electron chi connectivity index (χ2n) is 11.5. The monoisotopic (exact) mass is 546 g/mol. The minimum Gasteiger partial charge on any atom is -0.370 e.